The minimum absolute atomic E-state index is 0.355. The van der Waals surface area contributed by atoms with Crippen LogP contribution in [0.15, 0.2) is 18.2 Å². The van der Waals surface area contributed by atoms with Gasteiger partial charge in [-0.15, -0.1) is 0 Å². The SMILES string of the molecule is c1cc2c(cc1CNCCC1CCCCC1)OCO2. The van der Waals surface area contributed by atoms with Crippen LogP contribution in [0.2, 0.25) is 0 Å². The first-order chi connectivity index (χ1) is 9.42. The molecule has 0 radical (unpaired) electrons. The minimum atomic E-state index is 0.355. The van der Waals surface area contributed by atoms with E-state index in [0.717, 1.165) is 30.5 Å². The van der Waals surface area contributed by atoms with Crippen molar-refractivity contribution in [1.82, 2.24) is 5.32 Å². The van der Waals surface area contributed by atoms with Crippen LogP contribution in [-0.4, -0.2) is 13.3 Å². The second-order valence-corrected chi connectivity index (χ2v) is 5.66. The monoisotopic (exact) mass is 261 g/mol. The molecule has 104 valence electrons. The molecule has 0 saturated heterocycles. The van der Waals surface area contributed by atoms with E-state index in [-0.39, 0.29) is 0 Å². The first-order valence-corrected chi connectivity index (χ1v) is 7.51. The van der Waals surface area contributed by atoms with Crippen LogP contribution in [0.1, 0.15) is 44.1 Å². The summed E-state index contributed by atoms with van der Waals surface area (Å²) in [6, 6.07) is 6.19. The fourth-order valence-electron chi connectivity index (χ4n) is 3.07. The molecule has 0 bridgehead atoms. The van der Waals surface area contributed by atoms with E-state index in [0.29, 0.717) is 6.79 Å². The van der Waals surface area contributed by atoms with E-state index >= 15 is 0 Å². The molecular weight excluding hydrogens is 238 g/mol. The van der Waals surface area contributed by atoms with Gasteiger partial charge in [0.2, 0.25) is 6.79 Å². The molecule has 0 unspecified atom stereocenters. The number of benzene rings is 1. The molecule has 0 aromatic heterocycles. The zero-order chi connectivity index (χ0) is 12.9. The lowest BCUT2D eigenvalue weighted by molar-refractivity contribution is 0.174. The van der Waals surface area contributed by atoms with E-state index in [2.05, 4.69) is 17.4 Å². The minimum Gasteiger partial charge on any atom is -0.454 e. The van der Waals surface area contributed by atoms with E-state index in [4.69, 9.17) is 9.47 Å². The molecule has 1 aliphatic heterocycles. The van der Waals surface area contributed by atoms with Crippen molar-refractivity contribution in [3.05, 3.63) is 23.8 Å². The maximum absolute atomic E-state index is 5.39. The number of hydrogen-bond acceptors (Lipinski definition) is 3. The van der Waals surface area contributed by atoms with Crippen LogP contribution in [0.4, 0.5) is 0 Å². The van der Waals surface area contributed by atoms with Gasteiger partial charge in [0, 0.05) is 6.54 Å². The summed E-state index contributed by atoms with van der Waals surface area (Å²) in [5, 5.41) is 3.54. The molecule has 1 aromatic rings. The molecule has 3 nitrogen and oxygen atoms in total. The Kier molecular flexibility index (Phi) is 4.23. The molecule has 19 heavy (non-hydrogen) atoms. The Bertz CT molecular complexity index is 413. The molecule has 2 aliphatic rings. The summed E-state index contributed by atoms with van der Waals surface area (Å²) in [7, 11) is 0. The van der Waals surface area contributed by atoms with Gasteiger partial charge in [-0.25, -0.2) is 0 Å². The van der Waals surface area contributed by atoms with Crippen LogP contribution < -0.4 is 14.8 Å². The maximum atomic E-state index is 5.39. The van der Waals surface area contributed by atoms with Gasteiger partial charge in [0.15, 0.2) is 11.5 Å². The van der Waals surface area contributed by atoms with Crippen molar-refractivity contribution in [1.29, 1.82) is 0 Å². The van der Waals surface area contributed by atoms with Crippen LogP contribution in [0.25, 0.3) is 0 Å². The van der Waals surface area contributed by atoms with Crippen molar-refractivity contribution in [3.63, 3.8) is 0 Å². The van der Waals surface area contributed by atoms with Crippen LogP contribution in [0, 0.1) is 5.92 Å². The predicted molar refractivity (Wildman–Crippen MR) is 75.5 cm³/mol. The van der Waals surface area contributed by atoms with Gasteiger partial charge >= 0.3 is 0 Å². The zero-order valence-electron chi connectivity index (χ0n) is 11.5. The van der Waals surface area contributed by atoms with Gasteiger partial charge in [-0.2, -0.15) is 0 Å². The molecule has 0 atom stereocenters. The fourth-order valence-corrected chi connectivity index (χ4v) is 3.07. The molecule has 0 amide bonds. The quantitative estimate of drug-likeness (QED) is 0.823. The highest BCUT2D eigenvalue weighted by atomic mass is 16.7. The number of fused-ring (bicyclic) bond motifs is 1. The molecule has 1 fully saturated rings. The summed E-state index contributed by atoms with van der Waals surface area (Å²) in [5.41, 5.74) is 1.27. The summed E-state index contributed by atoms with van der Waals surface area (Å²) in [6.45, 7) is 2.40. The molecule has 3 rings (SSSR count). The van der Waals surface area contributed by atoms with Crippen LogP contribution in [0.5, 0.6) is 11.5 Å². The lowest BCUT2D eigenvalue weighted by atomic mass is 9.87. The normalized spacial score (nSPS) is 18.7. The summed E-state index contributed by atoms with van der Waals surface area (Å²) < 4.78 is 10.7. The highest BCUT2D eigenvalue weighted by Crippen LogP contribution is 2.32. The van der Waals surface area contributed by atoms with Gasteiger partial charge in [0.25, 0.3) is 0 Å². The molecule has 1 saturated carbocycles. The Labute approximate surface area is 115 Å². The number of nitrogens with one attached hydrogen (secondary N) is 1. The van der Waals surface area contributed by atoms with Crippen LogP contribution in [-0.2, 0) is 6.54 Å². The largest absolute Gasteiger partial charge is 0.454 e. The van der Waals surface area contributed by atoms with Crippen LogP contribution in [0.3, 0.4) is 0 Å². The van der Waals surface area contributed by atoms with Gasteiger partial charge in [-0.05, 0) is 36.6 Å². The molecule has 1 aromatic carbocycles. The second kappa shape index (κ2) is 6.29. The topological polar surface area (TPSA) is 30.5 Å². The van der Waals surface area contributed by atoms with Gasteiger partial charge in [-0.1, -0.05) is 38.2 Å². The van der Waals surface area contributed by atoms with Crippen LogP contribution >= 0.6 is 0 Å². The van der Waals surface area contributed by atoms with Crippen molar-refractivity contribution in [2.24, 2.45) is 5.92 Å². The van der Waals surface area contributed by atoms with Gasteiger partial charge in [-0.3, -0.25) is 0 Å². The lowest BCUT2D eigenvalue weighted by Crippen LogP contribution is -2.19. The number of hydrogen-bond donors (Lipinski definition) is 1. The summed E-state index contributed by atoms with van der Waals surface area (Å²) in [5.74, 6) is 2.70. The number of rotatable bonds is 5. The third-order valence-electron chi connectivity index (χ3n) is 4.22. The average molecular weight is 261 g/mol. The molecule has 1 heterocycles. The Morgan fingerprint density at radius 3 is 2.79 bits per heavy atom. The summed E-state index contributed by atoms with van der Waals surface area (Å²) in [6.07, 6.45) is 8.52. The van der Waals surface area contributed by atoms with E-state index in [1.165, 1.54) is 44.1 Å². The van der Waals surface area contributed by atoms with E-state index in [9.17, 15) is 0 Å². The number of ether oxygens (including phenoxy) is 2. The van der Waals surface area contributed by atoms with Gasteiger partial charge in [0.05, 0.1) is 0 Å². The summed E-state index contributed by atoms with van der Waals surface area (Å²) in [4.78, 5) is 0. The Morgan fingerprint density at radius 1 is 1.05 bits per heavy atom. The average Bonchev–Trinajstić information content (AvgIpc) is 2.92. The molecular formula is C16H23NO2. The van der Waals surface area contributed by atoms with Gasteiger partial charge < -0.3 is 14.8 Å². The highest BCUT2D eigenvalue weighted by Gasteiger charge is 2.14. The first kappa shape index (κ1) is 12.8. The molecule has 1 aliphatic carbocycles. The fraction of sp³-hybridized carbons (Fsp3) is 0.625. The standard InChI is InChI=1S/C16H23NO2/c1-2-4-13(5-3-1)8-9-17-11-14-6-7-15-16(10-14)19-12-18-15/h6-7,10,13,17H,1-5,8-9,11-12H2. The van der Waals surface area contributed by atoms with E-state index in [1.807, 2.05) is 6.07 Å². The molecule has 3 heteroatoms. The zero-order valence-corrected chi connectivity index (χ0v) is 11.5. The Morgan fingerprint density at radius 2 is 1.89 bits per heavy atom. The van der Waals surface area contributed by atoms with Gasteiger partial charge in [0.1, 0.15) is 0 Å². The van der Waals surface area contributed by atoms with Crippen molar-refractivity contribution in [3.8, 4) is 11.5 Å². The van der Waals surface area contributed by atoms with Crippen molar-refractivity contribution >= 4 is 0 Å². The predicted octanol–water partition coefficient (Wildman–Crippen LogP) is 3.48. The van der Waals surface area contributed by atoms with Crippen molar-refractivity contribution < 1.29 is 9.47 Å². The van der Waals surface area contributed by atoms with Crippen molar-refractivity contribution in [2.75, 3.05) is 13.3 Å². The Hall–Kier alpha value is -1.22. The lowest BCUT2D eigenvalue weighted by Gasteiger charge is -2.21. The maximum Gasteiger partial charge on any atom is 0.231 e. The first-order valence-electron chi connectivity index (χ1n) is 7.51. The highest BCUT2D eigenvalue weighted by molar-refractivity contribution is 5.44. The molecule has 0 spiro atoms. The Balaban J connectivity index is 1.40. The smallest absolute Gasteiger partial charge is 0.231 e. The molecule has 1 N–H and O–H groups in total. The third-order valence-corrected chi connectivity index (χ3v) is 4.22. The second-order valence-electron chi connectivity index (χ2n) is 5.66. The third kappa shape index (κ3) is 3.41. The van der Waals surface area contributed by atoms with E-state index in [1.54, 1.807) is 0 Å². The van der Waals surface area contributed by atoms with E-state index < -0.39 is 0 Å². The summed E-state index contributed by atoms with van der Waals surface area (Å²) >= 11 is 0. The van der Waals surface area contributed by atoms with Crippen molar-refractivity contribution in [2.45, 2.75) is 45.1 Å².